The van der Waals surface area contributed by atoms with Gasteiger partial charge in [0.1, 0.15) is 0 Å². The van der Waals surface area contributed by atoms with Crippen LogP contribution in [0.25, 0.3) is 0 Å². The Balaban J connectivity index is 4.69. The van der Waals surface area contributed by atoms with Crippen LogP contribution >= 0.6 is 0 Å². The molecule has 0 saturated carbocycles. The zero-order valence-corrected chi connectivity index (χ0v) is 11.6. The Morgan fingerprint density at radius 3 is 2.33 bits per heavy atom. The van der Waals surface area contributed by atoms with Crippen LogP contribution < -0.4 is 0 Å². The first-order chi connectivity index (χ1) is 8.43. The molecule has 0 spiro atoms. The molecule has 0 aliphatic heterocycles. The van der Waals surface area contributed by atoms with E-state index in [0.717, 1.165) is 6.42 Å². The van der Waals surface area contributed by atoms with Gasteiger partial charge in [0.15, 0.2) is 0 Å². The van der Waals surface area contributed by atoms with Gasteiger partial charge in [0, 0.05) is 25.7 Å². The number of rotatable bonds is 8. The SMILES string of the molecule is C=CCN(CCC)C(=O)N(CCC(=O)O)C(C)C. The summed E-state index contributed by atoms with van der Waals surface area (Å²) in [5, 5.41) is 8.70. The van der Waals surface area contributed by atoms with Crippen LogP contribution in [-0.2, 0) is 4.79 Å². The van der Waals surface area contributed by atoms with Crippen LogP contribution in [0.5, 0.6) is 0 Å². The molecule has 0 aromatic rings. The summed E-state index contributed by atoms with van der Waals surface area (Å²) in [7, 11) is 0. The van der Waals surface area contributed by atoms with E-state index < -0.39 is 5.97 Å². The summed E-state index contributed by atoms with van der Waals surface area (Å²) in [5.74, 6) is -0.890. The maximum atomic E-state index is 12.3. The van der Waals surface area contributed by atoms with Crippen molar-refractivity contribution in [3.05, 3.63) is 12.7 Å². The van der Waals surface area contributed by atoms with E-state index >= 15 is 0 Å². The standard InChI is InChI=1S/C13H24N2O3/c1-5-8-14(9-6-2)13(18)15(11(3)4)10-7-12(16)17/h5,11H,1,6-10H2,2-4H3,(H,16,17). The topological polar surface area (TPSA) is 60.9 Å². The van der Waals surface area contributed by atoms with Crippen molar-refractivity contribution in [3.63, 3.8) is 0 Å². The summed E-state index contributed by atoms with van der Waals surface area (Å²) in [5.41, 5.74) is 0. The van der Waals surface area contributed by atoms with E-state index in [9.17, 15) is 9.59 Å². The summed E-state index contributed by atoms with van der Waals surface area (Å²) in [6.45, 7) is 10.8. The third-order valence-electron chi connectivity index (χ3n) is 2.55. The molecule has 0 aliphatic carbocycles. The number of carboxylic acid groups (broad SMARTS) is 1. The van der Waals surface area contributed by atoms with Gasteiger partial charge in [-0.05, 0) is 20.3 Å². The van der Waals surface area contributed by atoms with Crippen LogP contribution in [0, 0.1) is 0 Å². The number of carbonyl (C=O) groups is 2. The fourth-order valence-electron chi connectivity index (χ4n) is 1.66. The van der Waals surface area contributed by atoms with E-state index in [1.165, 1.54) is 0 Å². The largest absolute Gasteiger partial charge is 0.481 e. The fourth-order valence-corrected chi connectivity index (χ4v) is 1.66. The zero-order chi connectivity index (χ0) is 14.1. The first kappa shape index (κ1) is 16.5. The lowest BCUT2D eigenvalue weighted by molar-refractivity contribution is -0.137. The van der Waals surface area contributed by atoms with Crippen molar-refractivity contribution in [1.29, 1.82) is 0 Å². The summed E-state index contributed by atoms with van der Waals surface area (Å²) in [6, 6.07) is -0.131. The van der Waals surface area contributed by atoms with Gasteiger partial charge in [0.2, 0.25) is 0 Å². The highest BCUT2D eigenvalue weighted by Crippen LogP contribution is 2.07. The lowest BCUT2D eigenvalue weighted by atomic mass is 10.3. The Morgan fingerprint density at radius 2 is 1.94 bits per heavy atom. The van der Waals surface area contributed by atoms with Crippen LogP contribution in [0.1, 0.15) is 33.6 Å². The van der Waals surface area contributed by atoms with Crippen molar-refractivity contribution in [2.75, 3.05) is 19.6 Å². The van der Waals surface area contributed by atoms with Gasteiger partial charge in [0.05, 0.1) is 6.42 Å². The Bertz CT molecular complexity index is 290. The number of amides is 2. The first-order valence-corrected chi connectivity index (χ1v) is 6.32. The fraction of sp³-hybridized carbons (Fsp3) is 0.692. The molecule has 0 radical (unpaired) electrons. The number of carboxylic acids is 1. The predicted molar refractivity (Wildman–Crippen MR) is 71.6 cm³/mol. The van der Waals surface area contributed by atoms with Crippen LogP contribution in [0.3, 0.4) is 0 Å². The minimum absolute atomic E-state index is 0.0129. The molecule has 0 aliphatic rings. The van der Waals surface area contributed by atoms with Crippen molar-refractivity contribution in [1.82, 2.24) is 9.80 Å². The van der Waals surface area contributed by atoms with E-state index in [1.54, 1.807) is 15.9 Å². The summed E-state index contributed by atoms with van der Waals surface area (Å²) in [6.07, 6.45) is 2.52. The van der Waals surface area contributed by atoms with Crippen LogP contribution in [0.4, 0.5) is 4.79 Å². The molecule has 5 nitrogen and oxygen atoms in total. The smallest absolute Gasteiger partial charge is 0.320 e. The van der Waals surface area contributed by atoms with E-state index in [-0.39, 0.29) is 25.0 Å². The molecule has 0 unspecified atom stereocenters. The minimum atomic E-state index is -0.890. The Kier molecular flexibility index (Phi) is 7.83. The molecule has 5 heteroatoms. The van der Waals surface area contributed by atoms with Gasteiger partial charge in [-0.2, -0.15) is 0 Å². The average molecular weight is 256 g/mol. The highest BCUT2D eigenvalue weighted by atomic mass is 16.4. The van der Waals surface area contributed by atoms with E-state index in [0.29, 0.717) is 13.1 Å². The van der Waals surface area contributed by atoms with Gasteiger partial charge in [-0.3, -0.25) is 4.79 Å². The van der Waals surface area contributed by atoms with E-state index in [1.807, 2.05) is 20.8 Å². The van der Waals surface area contributed by atoms with E-state index in [2.05, 4.69) is 6.58 Å². The van der Waals surface area contributed by atoms with Gasteiger partial charge < -0.3 is 14.9 Å². The number of carbonyl (C=O) groups excluding carboxylic acids is 1. The molecule has 0 saturated heterocycles. The highest BCUT2D eigenvalue weighted by molar-refractivity contribution is 5.76. The number of aliphatic carboxylic acids is 1. The third-order valence-corrected chi connectivity index (χ3v) is 2.55. The summed E-state index contributed by atoms with van der Waals surface area (Å²) in [4.78, 5) is 26.2. The molecule has 0 aromatic heterocycles. The lowest BCUT2D eigenvalue weighted by Crippen LogP contribution is -2.47. The number of hydrogen-bond donors (Lipinski definition) is 1. The molecule has 0 rings (SSSR count). The van der Waals surface area contributed by atoms with E-state index in [4.69, 9.17) is 5.11 Å². The molecule has 18 heavy (non-hydrogen) atoms. The second-order valence-corrected chi connectivity index (χ2v) is 4.45. The molecule has 0 atom stereocenters. The quantitative estimate of drug-likeness (QED) is 0.677. The second kappa shape index (κ2) is 8.55. The number of urea groups is 1. The molecule has 0 heterocycles. The lowest BCUT2D eigenvalue weighted by Gasteiger charge is -2.32. The Morgan fingerprint density at radius 1 is 1.33 bits per heavy atom. The zero-order valence-electron chi connectivity index (χ0n) is 11.6. The molecule has 0 fully saturated rings. The Hall–Kier alpha value is -1.52. The van der Waals surface area contributed by atoms with Crippen molar-refractivity contribution >= 4 is 12.0 Å². The van der Waals surface area contributed by atoms with Gasteiger partial charge >= 0.3 is 12.0 Å². The third kappa shape index (κ3) is 5.70. The van der Waals surface area contributed by atoms with Crippen LogP contribution in [-0.4, -0.2) is 52.6 Å². The number of nitrogens with zero attached hydrogens (tertiary/aromatic N) is 2. The molecule has 1 N–H and O–H groups in total. The van der Waals surface area contributed by atoms with Crippen LogP contribution in [0.15, 0.2) is 12.7 Å². The molecule has 104 valence electrons. The molecule has 0 bridgehead atoms. The van der Waals surface area contributed by atoms with Crippen molar-refractivity contribution in [2.45, 2.75) is 39.7 Å². The van der Waals surface area contributed by atoms with Gasteiger partial charge in [-0.1, -0.05) is 13.0 Å². The Labute approximate surface area is 109 Å². The maximum absolute atomic E-state index is 12.3. The normalized spacial score (nSPS) is 10.2. The summed E-state index contributed by atoms with van der Waals surface area (Å²) < 4.78 is 0. The monoisotopic (exact) mass is 256 g/mol. The molecular formula is C13H24N2O3. The van der Waals surface area contributed by atoms with Gasteiger partial charge in [0.25, 0.3) is 0 Å². The first-order valence-electron chi connectivity index (χ1n) is 6.32. The molecular weight excluding hydrogens is 232 g/mol. The predicted octanol–water partition coefficient (Wildman–Crippen LogP) is 2.19. The van der Waals surface area contributed by atoms with Crippen molar-refractivity contribution < 1.29 is 14.7 Å². The summed E-state index contributed by atoms with van der Waals surface area (Å²) >= 11 is 0. The number of hydrogen-bond acceptors (Lipinski definition) is 2. The molecule has 0 aromatic carbocycles. The highest BCUT2D eigenvalue weighted by Gasteiger charge is 2.22. The maximum Gasteiger partial charge on any atom is 0.320 e. The van der Waals surface area contributed by atoms with Crippen molar-refractivity contribution in [2.24, 2.45) is 0 Å². The van der Waals surface area contributed by atoms with Crippen LogP contribution in [0.2, 0.25) is 0 Å². The average Bonchev–Trinajstić information content (AvgIpc) is 2.27. The van der Waals surface area contributed by atoms with Gasteiger partial charge in [-0.25, -0.2) is 4.79 Å². The van der Waals surface area contributed by atoms with Crippen molar-refractivity contribution in [3.8, 4) is 0 Å². The molecule has 2 amide bonds. The van der Waals surface area contributed by atoms with Gasteiger partial charge in [-0.15, -0.1) is 6.58 Å². The minimum Gasteiger partial charge on any atom is -0.481 e. The second-order valence-electron chi connectivity index (χ2n) is 4.45.